The molecular formula is C58H38N2S. The molecule has 0 fully saturated rings. The fraction of sp³-hybridized carbons (Fsp3) is 0. The van der Waals surface area contributed by atoms with E-state index < -0.39 is 0 Å². The molecule has 0 aliphatic carbocycles. The average Bonchev–Trinajstić information content (AvgIpc) is 3.73. The van der Waals surface area contributed by atoms with Crippen molar-refractivity contribution in [1.82, 2.24) is 9.97 Å². The van der Waals surface area contributed by atoms with E-state index in [0.29, 0.717) is 5.82 Å². The summed E-state index contributed by atoms with van der Waals surface area (Å²) < 4.78 is 1.20. The van der Waals surface area contributed by atoms with Crippen molar-refractivity contribution in [2.45, 2.75) is 0 Å². The molecule has 9 aromatic carbocycles. The molecule has 0 N–H and O–H groups in total. The molecule has 0 aliphatic rings. The number of rotatable bonds is 8. The fourth-order valence-electron chi connectivity index (χ4n) is 8.37. The summed E-state index contributed by atoms with van der Waals surface area (Å²) in [7, 11) is 0. The van der Waals surface area contributed by atoms with Gasteiger partial charge in [0.25, 0.3) is 0 Å². The molecule has 11 aromatic rings. The van der Waals surface area contributed by atoms with Crippen molar-refractivity contribution in [2.75, 3.05) is 0 Å². The number of hydrogen-bond donors (Lipinski definition) is 0. The molecule has 0 spiro atoms. The number of nitrogens with zero attached hydrogens (tertiary/aromatic N) is 2. The Labute approximate surface area is 359 Å². The first kappa shape index (κ1) is 36.4. The van der Waals surface area contributed by atoms with Gasteiger partial charge in [-0.05, 0) is 103 Å². The van der Waals surface area contributed by atoms with Crippen LogP contribution in [-0.4, -0.2) is 9.97 Å². The molecule has 0 atom stereocenters. The predicted octanol–water partition coefficient (Wildman–Crippen LogP) is 16.2. The van der Waals surface area contributed by atoms with Gasteiger partial charge in [-0.3, -0.25) is 0 Å². The van der Waals surface area contributed by atoms with E-state index in [1.165, 1.54) is 49.0 Å². The molecule has 2 heterocycles. The number of thiophene rings is 1. The van der Waals surface area contributed by atoms with Crippen LogP contribution in [0.3, 0.4) is 0 Å². The number of fused-ring (bicyclic) bond motifs is 3. The zero-order chi connectivity index (χ0) is 40.5. The Morgan fingerprint density at radius 3 is 1.18 bits per heavy atom. The van der Waals surface area contributed by atoms with Gasteiger partial charge in [-0.15, -0.1) is 11.3 Å². The molecule has 11 rings (SSSR count). The van der Waals surface area contributed by atoms with Crippen molar-refractivity contribution in [3.05, 3.63) is 231 Å². The zero-order valence-electron chi connectivity index (χ0n) is 33.2. The Balaban J connectivity index is 1.03. The van der Waals surface area contributed by atoms with Crippen molar-refractivity contribution in [1.29, 1.82) is 0 Å². The Kier molecular flexibility index (Phi) is 9.42. The molecule has 3 heteroatoms. The lowest BCUT2D eigenvalue weighted by Gasteiger charge is -2.14. The first-order valence-corrected chi connectivity index (χ1v) is 21.4. The smallest absolute Gasteiger partial charge is 0.161 e. The van der Waals surface area contributed by atoms with E-state index in [0.717, 1.165) is 54.9 Å². The first-order valence-electron chi connectivity index (χ1n) is 20.6. The highest BCUT2D eigenvalue weighted by atomic mass is 32.1. The molecule has 0 saturated carbocycles. The first-order chi connectivity index (χ1) is 30.2. The van der Waals surface area contributed by atoms with Crippen LogP contribution < -0.4 is 0 Å². The third-order valence-electron chi connectivity index (χ3n) is 11.5. The van der Waals surface area contributed by atoms with Crippen molar-refractivity contribution >= 4 is 31.6 Å². The summed E-state index contributed by atoms with van der Waals surface area (Å²) in [4.78, 5) is 11.7. The topological polar surface area (TPSA) is 25.8 Å². The van der Waals surface area contributed by atoms with Gasteiger partial charge in [0, 0.05) is 26.6 Å². The van der Waals surface area contributed by atoms with Crippen LogP contribution in [-0.2, 0) is 0 Å². The SMILES string of the molecule is c1ccc(-c2ccc(-c3cc(-c4ccc(-c5ccccc5)cc4)cc(-c4cccc(-c5nc(-c6cccc(-c7ccccc7)c6)c6c(n5)sc5ccccc56)c4)c3)cc2)cc1. The second kappa shape index (κ2) is 15.8. The van der Waals surface area contributed by atoms with Crippen LogP contribution in [0.25, 0.3) is 110 Å². The quantitative estimate of drug-likeness (QED) is 0.153. The highest BCUT2D eigenvalue weighted by molar-refractivity contribution is 7.25. The monoisotopic (exact) mass is 794 g/mol. The van der Waals surface area contributed by atoms with Gasteiger partial charge in [0.2, 0.25) is 0 Å². The van der Waals surface area contributed by atoms with Gasteiger partial charge in [0.1, 0.15) is 4.83 Å². The molecule has 0 amide bonds. The van der Waals surface area contributed by atoms with E-state index >= 15 is 0 Å². The highest BCUT2D eigenvalue weighted by Gasteiger charge is 2.18. The van der Waals surface area contributed by atoms with Gasteiger partial charge in [-0.1, -0.05) is 194 Å². The van der Waals surface area contributed by atoms with Crippen molar-refractivity contribution in [3.8, 4) is 89.4 Å². The van der Waals surface area contributed by atoms with Crippen LogP contribution in [0.5, 0.6) is 0 Å². The average molecular weight is 795 g/mol. The zero-order valence-corrected chi connectivity index (χ0v) is 34.1. The maximum Gasteiger partial charge on any atom is 0.161 e. The molecule has 61 heavy (non-hydrogen) atoms. The molecule has 2 aromatic heterocycles. The van der Waals surface area contributed by atoms with Crippen molar-refractivity contribution in [2.24, 2.45) is 0 Å². The number of hydrogen-bond acceptors (Lipinski definition) is 3. The Morgan fingerprint density at radius 2 is 0.623 bits per heavy atom. The molecule has 0 bridgehead atoms. The van der Waals surface area contributed by atoms with E-state index in [4.69, 9.17) is 9.97 Å². The lowest BCUT2D eigenvalue weighted by molar-refractivity contribution is 1.24. The third-order valence-corrected chi connectivity index (χ3v) is 12.6. The summed E-state index contributed by atoms with van der Waals surface area (Å²) in [5, 5.41) is 2.28. The fourth-order valence-corrected chi connectivity index (χ4v) is 9.45. The third kappa shape index (κ3) is 7.22. The van der Waals surface area contributed by atoms with Gasteiger partial charge in [-0.2, -0.15) is 0 Å². The van der Waals surface area contributed by atoms with Gasteiger partial charge >= 0.3 is 0 Å². The Morgan fingerprint density at radius 1 is 0.262 bits per heavy atom. The van der Waals surface area contributed by atoms with Crippen LogP contribution in [0.15, 0.2) is 231 Å². The van der Waals surface area contributed by atoms with E-state index in [9.17, 15) is 0 Å². The van der Waals surface area contributed by atoms with E-state index in [1.807, 2.05) is 0 Å². The molecule has 286 valence electrons. The normalized spacial score (nSPS) is 11.3. The van der Waals surface area contributed by atoms with Gasteiger partial charge in [-0.25, -0.2) is 9.97 Å². The number of aromatic nitrogens is 2. The Bertz CT molecular complexity index is 3220. The minimum Gasteiger partial charge on any atom is -0.227 e. The lowest BCUT2D eigenvalue weighted by Crippen LogP contribution is -1.94. The summed E-state index contributed by atoms with van der Waals surface area (Å²) >= 11 is 1.73. The minimum absolute atomic E-state index is 0.713. The Hall–Kier alpha value is -7.72. The summed E-state index contributed by atoms with van der Waals surface area (Å²) in [6.45, 7) is 0. The van der Waals surface area contributed by atoms with E-state index in [1.54, 1.807) is 11.3 Å². The van der Waals surface area contributed by atoms with Crippen LogP contribution in [0.1, 0.15) is 0 Å². The maximum absolute atomic E-state index is 5.43. The highest BCUT2D eigenvalue weighted by Crippen LogP contribution is 2.41. The van der Waals surface area contributed by atoms with Crippen LogP contribution >= 0.6 is 11.3 Å². The molecule has 0 radical (unpaired) electrons. The maximum atomic E-state index is 5.43. The van der Waals surface area contributed by atoms with E-state index in [-0.39, 0.29) is 0 Å². The molecule has 0 aliphatic heterocycles. The van der Waals surface area contributed by atoms with Crippen molar-refractivity contribution < 1.29 is 0 Å². The molecular weight excluding hydrogens is 757 g/mol. The van der Waals surface area contributed by atoms with Crippen LogP contribution in [0.2, 0.25) is 0 Å². The standard InChI is InChI=1S/C58H38N2S/c1-4-14-39(15-5-1)42-26-30-44(31-27-42)50-36-51(45-32-28-43(29-33-45)40-16-6-2-7-17-40)38-52(37-50)47-21-13-23-49(35-47)57-59-56(55-53-24-10-11-25-54(53)61-58(55)60-57)48-22-12-20-46(34-48)41-18-8-3-9-19-41/h1-38H. The molecule has 2 nitrogen and oxygen atoms in total. The minimum atomic E-state index is 0.713. The van der Waals surface area contributed by atoms with Crippen LogP contribution in [0.4, 0.5) is 0 Å². The molecule has 0 unspecified atom stereocenters. The number of benzene rings is 9. The summed E-state index contributed by atoms with van der Waals surface area (Å²) in [6.07, 6.45) is 0. The second-order valence-corrected chi connectivity index (χ2v) is 16.4. The van der Waals surface area contributed by atoms with Crippen LogP contribution in [0, 0.1) is 0 Å². The van der Waals surface area contributed by atoms with Crippen molar-refractivity contribution in [3.63, 3.8) is 0 Å². The second-order valence-electron chi connectivity index (χ2n) is 15.4. The predicted molar refractivity (Wildman–Crippen MR) is 258 cm³/mol. The van der Waals surface area contributed by atoms with Gasteiger partial charge < -0.3 is 0 Å². The summed E-state index contributed by atoms with van der Waals surface area (Å²) in [6, 6.07) is 82.5. The van der Waals surface area contributed by atoms with Gasteiger partial charge in [0.15, 0.2) is 5.82 Å². The lowest BCUT2D eigenvalue weighted by atomic mass is 9.91. The largest absolute Gasteiger partial charge is 0.227 e. The summed E-state index contributed by atoms with van der Waals surface area (Å²) in [5.41, 5.74) is 17.1. The molecule has 0 saturated heterocycles. The summed E-state index contributed by atoms with van der Waals surface area (Å²) in [5.74, 6) is 0.713. The van der Waals surface area contributed by atoms with Gasteiger partial charge in [0.05, 0.1) is 5.69 Å². The van der Waals surface area contributed by atoms with E-state index in [2.05, 4.69) is 231 Å².